The molecular formula is C21H28O5S. The zero-order valence-corrected chi connectivity index (χ0v) is 16.5. The van der Waals surface area contributed by atoms with E-state index in [0.29, 0.717) is 17.7 Å². The molecule has 0 saturated heterocycles. The summed E-state index contributed by atoms with van der Waals surface area (Å²) in [6.07, 6.45) is 8.67. The van der Waals surface area contributed by atoms with E-state index in [1.165, 1.54) is 31.7 Å². The number of rotatable bonds is 11. The second-order valence-electron chi connectivity index (χ2n) is 6.69. The van der Waals surface area contributed by atoms with Crippen LogP contribution >= 0.6 is 0 Å². The largest absolute Gasteiger partial charge is 0.508 e. The van der Waals surface area contributed by atoms with E-state index in [9.17, 15) is 18.1 Å². The van der Waals surface area contributed by atoms with Crippen LogP contribution < -0.4 is 4.74 Å². The monoisotopic (exact) mass is 392 g/mol. The van der Waals surface area contributed by atoms with Gasteiger partial charge in [0.1, 0.15) is 22.1 Å². The Morgan fingerprint density at radius 1 is 0.926 bits per heavy atom. The van der Waals surface area contributed by atoms with E-state index in [2.05, 4.69) is 6.92 Å². The maximum Gasteiger partial charge on any atom is 0.298 e. The minimum Gasteiger partial charge on any atom is -0.508 e. The Balaban J connectivity index is 2.10. The molecule has 2 aromatic carbocycles. The molecule has 0 unspecified atom stereocenters. The lowest BCUT2D eigenvalue weighted by Gasteiger charge is -2.13. The minimum absolute atomic E-state index is 0.0134. The number of para-hydroxylation sites is 1. The fraction of sp³-hybridized carbons (Fsp3) is 0.429. The Labute approximate surface area is 161 Å². The first-order valence-corrected chi connectivity index (χ1v) is 10.9. The number of hydrogen-bond donors (Lipinski definition) is 2. The first-order chi connectivity index (χ1) is 12.9. The Hall–Kier alpha value is -2.05. The first kappa shape index (κ1) is 21.3. The summed E-state index contributed by atoms with van der Waals surface area (Å²) in [5.41, 5.74) is 0.613. The van der Waals surface area contributed by atoms with E-state index < -0.39 is 15.0 Å². The Morgan fingerprint density at radius 3 is 2.19 bits per heavy atom. The fourth-order valence-electron chi connectivity index (χ4n) is 2.96. The molecule has 148 valence electrons. The van der Waals surface area contributed by atoms with Crippen molar-refractivity contribution in [2.45, 2.75) is 63.2 Å². The highest BCUT2D eigenvalue weighted by molar-refractivity contribution is 7.86. The quantitative estimate of drug-likeness (QED) is 0.377. The van der Waals surface area contributed by atoms with Crippen LogP contribution in [-0.4, -0.2) is 18.1 Å². The smallest absolute Gasteiger partial charge is 0.298 e. The van der Waals surface area contributed by atoms with Gasteiger partial charge in [-0.05, 0) is 36.6 Å². The molecule has 0 atom stereocenters. The summed E-state index contributed by atoms with van der Waals surface area (Å²) in [7, 11) is -4.52. The third-order valence-corrected chi connectivity index (χ3v) is 5.32. The molecule has 0 amide bonds. The molecule has 0 spiro atoms. The van der Waals surface area contributed by atoms with E-state index in [1.54, 1.807) is 24.3 Å². The lowest BCUT2D eigenvalue weighted by Crippen LogP contribution is -2.02. The molecule has 2 rings (SSSR count). The maximum atomic E-state index is 11.7. The van der Waals surface area contributed by atoms with Gasteiger partial charge in [-0.1, -0.05) is 63.6 Å². The molecule has 6 heteroatoms. The second kappa shape index (κ2) is 10.3. The molecule has 27 heavy (non-hydrogen) atoms. The van der Waals surface area contributed by atoms with Gasteiger partial charge in [-0.25, -0.2) is 0 Å². The third-order valence-electron chi connectivity index (χ3n) is 4.44. The highest BCUT2D eigenvalue weighted by atomic mass is 32.2. The molecule has 0 heterocycles. The van der Waals surface area contributed by atoms with Gasteiger partial charge in [0.2, 0.25) is 0 Å². The Morgan fingerprint density at radius 2 is 1.56 bits per heavy atom. The Bertz CT molecular complexity index is 816. The molecule has 2 N–H and O–H groups in total. The van der Waals surface area contributed by atoms with Crippen LogP contribution in [0.15, 0.2) is 47.4 Å². The summed E-state index contributed by atoms with van der Waals surface area (Å²) >= 11 is 0. The van der Waals surface area contributed by atoms with Crippen LogP contribution in [0.1, 0.15) is 57.4 Å². The van der Waals surface area contributed by atoms with Crippen molar-refractivity contribution >= 4 is 10.1 Å². The van der Waals surface area contributed by atoms with E-state index >= 15 is 0 Å². The lowest BCUT2D eigenvalue weighted by molar-refractivity contribution is 0.434. The minimum atomic E-state index is -4.52. The summed E-state index contributed by atoms with van der Waals surface area (Å²) in [6, 6.07) is 11.3. The molecule has 0 radical (unpaired) electrons. The summed E-state index contributed by atoms with van der Waals surface area (Å²) in [5.74, 6) is 0.323. The predicted octanol–water partition coefficient (Wildman–Crippen LogP) is 5.72. The number of unbranched alkanes of at least 4 members (excludes halogenated alkanes) is 6. The lowest BCUT2D eigenvalue weighted by atomic mass is 10.0. The molecular weight excluding hydrogens is 364 g/mol. The molecule has 0 bridgehead atoms. The average molecular weight is 393 g/mol. The number of phenolic OH excluding ortho intramolecular Hbond substituents is 1. The molecule has 0 aliphatic rings. The summed E-state index contributed by atoms with van der Waals surface area (Å²) in [6.45, 7) is 2.19. The van der Waals surface area contributed by atoms with Crippen molar-refractivity contribution in [1.82, 2.24) is 0 Å². The van der Waals surface area contributed by atoms with E-state index in [4.69, 9.17) is 4.74 Å². The molecule has 0 saturated carbocycles. The van der Waals surface area contributed by atoms with Gasteiger partial charge < -0.3 is 9.84 Å². The fourth-order valence-corrected chi connectivity index (χ4v) is 3.58. The number of benzene rings is 2. The highest BCUT2D eigenvalue weighted by Crippen LogP contribution is 2.35. The van der Waals surface area contributed by atoms with Gasteiger partial charge in [-0.3, -0.25) is 4.55 Å². The van der Waals surface area contributed by atoms with Crippen LogP contribution in [0.5, 0.6) is 17.2 Å². The molecule has 2 aromatic rings. The van der Waals surface area contributed by atoms with Crippen molar-refractivity contribution in [3.05, 3.63) is 48.0 Å². The topological polar surface area (TPSA) is 83.8 Å². The molecule has 0 aliphatic carbocycles. The summed E-state index contributed by atoms with van der Waals surface area (Å²) < 4.78 is 38.4. The van der Waals surface area contributed by atoms with E-state index in [1.807, 2.05) is 6.07 Å². The third kappa shape index (κ3) is 6.88. The molecule has 0 fully saturated rings. The van der Waals surface area contributed by atoms with E-state index in [0.717, 1.165) is 25.3 Å². The zero-order chi connectivity index (χ0) is 19.7. The van der Waals surface area contributed by atoms with Crippen molar-refractivity contribution in [3.8, 4) is 17.2 Å². The summed E-state index contributed by atoms with van der Waals surface area (Å²) in [4.78, 5) is -0.438. The number of aryl methyl sites for hydroxylation is 1. The van der Waals surface area contributed by atoms with Gasteiger partial charge in [-0.2, -0.15) is 8.42 Å². The number of aromatic hydroxyl groups is 1. The van der Waals surface area contributed by atoms with Crippen LogP contribution in [0.4, 0.5) is 0 Å². The predicted molar refractivity (Wildman–Crippen MR) is 106 cm³/mol. The van der Waals surface area contributed by atoms with Gasteiger partial charge in [0.05, 0.1) is 0 Å². The van der Waals surface area contributed by atoms with Crippen molar-refractivity contribution < 1.29 is 22.8 Å². The standard InChI is InChI=1S/C21H28O5S/c1-2-3-4-5-6-7-9-12-17-15-20(26-18-13-10-8-11-14-18)21(16-19(17)22)27(23,24)25/h8,10-11,13-16,22H,2-7,9,12H2,1H3,(H,23,24,25). The van der Waals surface area contributed by atoms with Gasteiger partial charge in [0.25, 0.3) is 10.1 Å². The van der Waals surface area contributed by atoms with Gasteiger partial charge in [-0.15, -0.1) is 0 Å². The average Bonchev–Trinajstić information content (AvgIpc) is 2.63. The van der Waals surface area contributed by atoms with Crippen LogP contribution in [0.25, 0.3) is 0 Å². The maximum absolute atomic E-state index is 11.7. The normalized spacial score (nSPS) is 11.5. The zero-order valence-electron chi connectivity index (χ0n) is 15.7. The van der Waals surface area contributed by atoms with Crippen LogP contribution in [0, 0.1) is 0 Å². The SMILES string of the molecule is CCCCCCCCCc1cc(Oc2ccccc2)c(S(=O)(=O)O)cc1O. The van der Waals surface area contributed by atoms with Gasteiger partial charge >= 0.3 is 0 Å². The number of ether oxygens (including phenoxy) is 1. The highest BCUT2D eigenvalue weighted by Gasteiger charge is 2.20. The van der Waals surface area contributed by atoms with Crippen LogP contribution in [0.2, 0.25) is 0 Å². The first-order valence-electron chi connectivity index (χ1n) is 9.48. The molecule has 5 nitrogen and oxygen atoms in total. The van der Waals surface area contributed by atoms with Crippen molar-refractivity contribution in [1.29, 1.82) is 0 Å². The summed E-state index contributed by atoms with van der Waals surface area (Å²) in [5, 5.41) is 10.2. The van der Waals surface area contributed by atoms with Crippen molar-refractivity contribution in [3.63, 3.8) is 0 Å². The van der Waals surface area contributed by atoms with Crippen molar-refractivity contribution in [2.24, 2.45) is 0 Å². The van der Waals surface area contributed by atoms with Crippen LogP contribution in [-0.2, 0) is 16.5 Å². The van der Waals surface area contributed by atoms with Gasteiger partial charge in [0.15, 0.2) is 0 Å². The Kier molecular flexibility index (Phi) is 8.13. The van der Waals surface area contributed by atoms with Crippen molar-refractivity contribution in [2.75, 3.05) is 0 Å². The van der Waals surface area contributed by atoms with Gasteiger partial charge in [0, 0.05) is 6.07 Å². The second-order valence-corrected chi connectivity index (χ2v) is 8.08. The van der Waals surface area contributed by atoms with Crippen LogP contribution in [0.3, 0.4) is 0 Å². The number of phenols is 1. The van der Waals surface area contributed by atoms with E-state index in [-0.39, 0.29) is 11.5 Å². The molecule has 0 aromatic heterocycles. The number of hydrogen-bond acceptors (Lipinski definition) is 4. The molecule has 0 aliphatic heterocycles.